The molecule has 1 saturated carbocycles. The highest BCUT2D eigenvalue weighted by molar-refractivity contribution is 5.98. The average Bonchev–Trinajstić information content (AvgIpc) is 3.01. The fourth-order valence-corrected chi connectivity index (χ4v) is 1.06. The van der Waals surface area contributed by atoms with Crippen LogP contribution in [0.5, 0.6) is 0 Å². The van der Waals surface area contributed by atoms with E-state index in [1.807, 2.05) is 0 Å². The summed E-state index contributed by atoms with van der Waals surface area (Å²) in [6, 6.07) is 0. The summed E-state index contributed by atoms with van der Waals surface area (Å²) in [5, 5.41) is 13.5. The van der Waals surface area contributed by atoms with Crippen molar-refractivity contribution in [3.05, 3.63) is 0 Å². The molecule has 0 aromatic rings. The van der Waals surface area contributed by atoms with Gasteiger partial charge in [-0.15, -0.1) is 0 Å². The second kappa shape index (κ2) is 6.23. The summed E-state index contributed by atoms with van der Waals surface area (Å²) in [4.78, 5) is 11.1. The van der Waals surface area contributed by atoms with Crippen molar-refractivity contribution in [2.75, 3.05) is 19.8 Å². The lowest BCUT2D eigenvalue weighted by molar-refractivity contribution is -0.120. The fraction of sp³-hybridized carbons (Fsp3) is 0.778. The maximum atomic E-state index is 11.1. The summed E-state index contributed by atoms with van der Waals surface area (Å²) >= 11 is 0. The van der Waals surface area contributed by atoms with Crippen LogP contribution in [0.4, 0.5) is 0 Å². The molecule has 1 aliphatic rings. The van der Waals surface area contributed by atoms with Crippen molar-refractivity contribution in [2.24, 2.45) is 16.8 Å². The van der Waals surface area contributed by atoms with Crippen LogP contribution in [0.2, 0.25) is 0 Å². The number of nitrogens with two attached hydrogens (primary N) is 1. The Labute approximate surface area is 88.5 Å². The van der Waals surface area contributed by atoms with E-state index in [2.05, 4.69) is 10.5 Å². The third-order valence-electron chi connectivity index (χ3n) is 2.09. The van der Waals surface area contributed by atoms with E-state index < -0.39 is 0 Å². The van der Waals surface area contributed by atoms with E-state index in [0.717, 1.165) is 12.5 Å². The van der Waals surface area contributed by atoms with Crippen molar-refractivity contribution in [1.82, 2.24) is 5.32 Å². The SMILES string of the molecule is NC(CC(=O)NCCOCC1CC1)=NO. The second-order valence-electron chi connectivity index (χ2n) is 3.64. The van der Waals surface area contributed by atoms with E-state index in [0.29, 0.717) is 13.2 Å². The van der Waals surface area contributed by atoms with Gasteiger partial charge in [-0.3, -0.25) is 4.79 Å². The first-order valence-electron chi connectivity index (χ1n) is 5.03. The zero-order valence-corrected chi connectivity index (χ0v) is 8.61. The normalized spacial score (nSPS) is 16.4. The van der Waals surface area contributed by atoms with Gasteiger partial charge in [-0.2, -0.15) is 0 Å². The largest absolute Gasteiger partial charge is 0.409 e. The molecule has 0 aromatic carbocycles. The van der Waals surface area contributed by atoms with Gasteiger partial charge >= 0.3 is 0 Å². The molecule has 4 N–H and O–H groups in total. The van der Waals surface area contributed by atoms with Crippen LogP contribution in [0, 0.1) is 5.92 Å². The average molecular weight is 215 g/mol. The Balaban J connectivity index is 1.91. The topological polar surface area (TPSA) is 96.9 Å². The van der Waals surface area contributed by atoms with Gasteiger partial charge in [0.25, 0.3) is 0 Å². The van der Waals surface area contributed by atoms with Crippen LogP contribution in [0.3, 0.4) is 0 Å². The van der Waals surface area contributed by atoms with Crippen molar-refractivity contribution in [3.63, 3.8) is 0 Å². The van der Waals surface area contributed by atoms with Gasteiger partial charge < -0.3 is 21.0 Å². The molecular weight excluding hydrogens is 198 g/mol. The molecular formula is C9H17N3O3. The molecule has 6 heteroatoms. The number of carbonyl (C=O) groups is 1. The Bertz CT molecular complexity index is 239. The Morgan fingerprint density at radius 2 is 2.33 bits per heavy atom. The number of hydrogen-bond donors (Lipinski definition) is 3. The molecule has 0 spiro atoms. The molecule has 0 unspecified atom stereocenters. The molecule has 0 bridgehead atoms. The molecule has 1 rings (SSSR count). The number of amidine groups is 1. The van der Waals surface area contributed by atoms with Crippen molar-refractivity contribution < 1.29 is 14.7 Å². The summed E-state index contributed by atoms with van der Waals surface area (Å²) in [7, 11) is 0. The summed E-state index contributed by atoms with van der Waals surface area (Å²) in [5.74, 6) is 0.379. The maximum Gasteiger partial charge on any atom is 0.227 e. The first-order chi connectivity index (χ1) is 7.22. The van der Waals surface area contributed by atoms with E-state index in [1.54, 1.807) is 0 Å². The molecule has 0 aromatic heterocycles. The number of oxime groups is 1. The Morgan fingerprint density at radius 1 is 1.60 bits per heavy atom. The monoisotopic (exact) mass is 215 g/mol. The van der Waals surface area contributed by atoms with Crippen LogP contribution in [-0.4, -0.2) is 36.7 Å². The number of rotatable bonds is 7. The molecule has 1 fully saturated rings. The lowest BCUT2D eigenvalue weighted by Crippen LogP contribution is -2.31. The minimum absolute atomic E-state index is 0.0842. The molecule has 0 aliphatic heterocycles. The highest BCUT2D eigenvalue weighted by Gasteiger charge is 2.20. The van der Waals surface area contributed by atoms with Crippen LogP contribution >= 0.6 is 0 Å². The van der Waals surface area contributed by atoms with Gasteiger partial charge in [0.1, 0.15) is 5.84 Å². The van der Waals surface area contributed by atoms with E-state index in [4.69, 9.17) is 15.7 Å². The highest BCUT2D eigenvalue weighted by Crippen LogP contribution is 2.28. The predicted molar refractivity (Wildman–Crippen MR) is 54.6 cm³/mol. The minimum Gasteiger partial charge on any atom is -0.409 e. The Morgan fingerprint density at radius 3 is 2.93 bits per heavy atom. The fourth-order valence-electron chi connectivity index (χ4n) is 1.06. The molecule has 0 heterocycles. The third-order valence-corrected chi connectivity index (χ3v) is 2.09. The number of carbonyl (C=O) groups excluding carboxylic acids is 1. The van der Waals surface area contributed by atoms with Gasteiger partial charge in [0.05, 0.1) is 13.0 Å². The van der Waals surface area contributed by atoms with Crippen molar-refractivity contribution in [2.45, 2.75) is 19.3 Å². The van der Waals surface area contributed by atoms with Crippen LogP contribution < -0.4 is 11.1 Å². The summed E-state index contributed by atoms with van der Waals surface area (Å²) < 4.78 is 5.31. The van der Waals surface area contributed by atoms with Crippen molar-refractivity contribution >= 4 is 11.7 Å². The van der Waals surface area contributed by atoms with Crippen LogP contribution in [0.1, 0.15) is 19.3 Å². The first kappa shape index (κ1) is 11.8. The van der Waals surface area contributed by atoms with Gasteiger partial charge in [0, 0.05) is 13.2 Å². The second-order valence-corrected chi connectivity index (χ2v) is 3.64. The van der Waals surface area contributed by atoms with Gasteiger partial charge in [-0.05, 0) is 18.8 Å². The smallest absolute Gasteiger partial charge is 0.227 e. The Hall–Kier alpha value is -1.30. The van der Waals surface area contributed by atoms with E-state index in [9.17, 15) is 4.79 Å². The van der Waals surface area contributed by atoms with E-state index in [-0.39, 0.29) is 18.2 Å². The van der Waals surface area contributed by atoms with Gasteiger partial charge in [-0.1, -0.05) is 5.16 Å². The van der Waals surface area contributed by atoms with Gasteiger partial charge in [-0.25, -0.2) is 0 Å². The third kappa shape index (κ3) is 5.90. The predicted octanol–water partition coefficient (Wildman–Crippen LogP) is -0.334. The summed E-state index contributed by atoms with van der Waals surface area (Å²) in [6.07, 6.45) is 2.44. The quantitative estimate of drug-likeness (QED) is 0.178. The van der Waals surface area contributed by atoms with Crippen molar-refractivity contribution in [1.29, 1.82) is 0 Å². The first-order valence-corrected chi connectivity index (χ1v) is 5.03. The number of amides is 1. The zero-order valence-electron chi connectivity index (χ0n) is 8.61. The molecule has 1 amide bonds. The maximum absolute atomic E-state index is 11.1. The molecule has 15 heavy (non-hydrogen) atoms. The molecule has 0 saturated heterocycles. The van der Waals surface area contributed by atoms with Crippen LogP contribution in [0.25, 0.3) is 0 Å². The molecule has 0 atom stereocenters. The van der Waals surface area contributed by atoms with Crippen LogP contribution in [0.15, 0.2) is 5.16 Å². The van der Waals surface area contributed by atoms with Crippen LogP contribution in [-0.2, 0) is 9.53 Å². The van der Waals surface area contributed by atoms with Gasteiger partial charge in [0.2, 0.25) is 5.91 Å². The highest BCUT2D eigenvalue weighted by atomic mass is 16.5. The number of nitrogens with one attached hydrogen (secondary N) is 1. The minimum atomic E-state index is -0.264. The summed E-state index contributed by atoms with van der Waals surface area (Å²) in [5.41, 5.74) is 5.16. The molecule has 6 nitrogen and oxygen atoms in total. The molecule has 86 valence electrons. The number of hydrogen-bond acceptors (Lipinski definition) is 4. The lowest BCUT2D eigenvalue weighted by atomic mass is 10.4. The molecule has 0 radical (unpaired) electrons. The lowest BCUT2D eigenvalue weighted by Gasteiger charge is -2.05. The zero-order chi connectivity index (χ0) is 11.1. The number of ether oxygens (including phenoxy) is 1. The summed E-state index contributed by atoms with van der Waals surface area (Å²) in [6.45, 7) is 1.76. The van der Waals surface area contributed by atoms with Crippen molar-refractivity contribution in [3.8, 4) is 0 Å². The Kier molecular flexibility index (Phi) is 4.89. The van der Waals surface area contributed by atoms with E-state index >= 15 is 0 Å². The van der Waals surface area contributed by atoms with E-state index in [1.165, 1.54) is 12.8 Å². The number of nitrogens with zero attached hydrogens (tertiary/aromatic N) is 1. The molecule has 1 aliphatic carbocycles. The standard InChI is InChI=1S/C9H17N3O3/c10-8(12-14)5-9(13)11-3-4-15-6-7-1-2-7/h7,14H,1-6H2,(H2,10,12)(H,11,13). The van der Waals surface area contributed by atoms with Gasteiger partial charge in [0.15, 0.2) is 0 Å².